The zero-order valence-electron chi connectivity index (χ0n) is 12.2. The van der Waals surface area contributed by atoms with Crippen LogP contribution in [0.2, 0.25) is 0 Å². The normalized spacial score (nSPS) is 15.8. The van der Waals surface area contributed by atoms with Crippen LogP contribution in [0.1, 0.15) is 41.0 Å². The zero-order valence-corrected chi connectivity index (χ0v) is 12.9. The van der Waals surface area contributed by atoms with E-state index in [0.717, 1.165) is 0 Å². The van der Waals surface area contributed by atoms with Gasteiger partial charge in [0.25, 0.3) is 0 Å². The summed E-state index contributed by atoms with van der Waals surface area (Å²) in [6.07, 6.45) is 0.249. The van der Waals surface area contributed by atoms with Crippen LogP contribution in [0.5, 0.6) is 0 Å². The minimum absolute atomic E-state index is 0.0662. The van der Waals surface area contributed by atoms with Crippen LogP contribution in [0.15, 0.2) is 35.0 Å². The number of ketones is 2. The lowest BCUT2D eigenvalue weighted by Crippen LogP contribution is -2.47. The number of allylic oxidation sites excluding steroid dienone is 2. The highest BCUT2D eigenvalue weighted by atomic mass is 35.5. The van der Waals surface area contributed by atoms with Gasteiger partial charge in [-0.3, -0.25) is 9.59 Å². The number of fused-ring (bicyclic) bond motifs is 1. The van der Waals surface area contributed by atoms with Gasteiger partial charge in [0.2, 0.25) is 11.6 Å². The Hall–Kier alpha value is -2.14. The predicted octanol–water partition coefficient (Wildman–Crippen LogP) is 1.27. The van der Waals surface area contributed by atoms with Gasteiger partial charge in [0.15, 0.2) is 0 Å². The van der Waals surface area contributed by atoms with Crippen LogP contribution in [0.4, 0.5) is 0 Å². The van der Waals surface area contributed by atoms with Gasteiger partial charge in [0.05, 0.1) is 12.0 Å². The molecule has 1 unspecified atom stereocenters. The Morgan fingerprint density at radius 2 is 1.73 bits per heavy atom. The maximum absolute atomic E-state index is 12.4. The molecule has 6 heteroatoms. The van der Waals surface area contributed by atoms with Crippen molar-refractivity contribution in [1.82, 2.24) is 5.32 Å². The predicted molar refractivity (Wildman–Crippen MR) is 79.4 cm³/mol. The number of aliphatic carboxylic acids is 1. The van der Waals surface area contributed by atoms with Gasteiger partial charge >= 0.3 is 0 Å². The molecule has 0 saturated heterocycles. The first-order valence-corrected chi connectivity index (χ1v) is 7.26. The van der Waals surface area contributed by atoms with E-state index < -0.39 is 23.6 Å². The fourth-order valence-corrected chi connectivity index (χ4v) is 2.58. The molecular weight excluding hydrogens is 306 g/mol. The van der Waals surface area contributed by atoms with E-state index in [1.807, 2.05) is 13.8 Å². The lowest BCUT2D eigenvalue weighted by atomic mass is 9.91. The molecule has 1 aromatic carbocycles. The van der Waals surface area contributed by atoms with Gasteiger partial charge in [-0.25, -0.2) is 0 Å². The molecule has 0 spiro atoms. The lowest BCUT2D eigenvalue weighted by molar-refractivity contribution is -0.308. The number of hydrogen-bond donors (Lipinski definition) is 1. The number of benzene rings is 1. The Morgan fingerprint density at radius 3 is 2.23 bits per heavy atom. The molecule has 0 saturated carbocycles. The van der Waals surface area contributed by atoms with Crippen LogP contribution >= 0.6 is 11.6 Å². The summed E-state index contributed by atoms with van der Waals surface area (Å²) in [5, 5.41) is 13.5. The average molecular weight is 321 g/mol. The molecule has 0 radical (unpaired) electrons. The van der Waals surface area contributed by atoms with Crippen molar-refractivity contribution in [3.63, 3.8) is 0 Å². The van der Waals surface area contributed by atoms with Gasteiger partial charge in [0, 0.05) is 11.1 Å². The van der Waals surface area contributed by atoms with Crippen molar-refractivity contribution in [2.75, 3.05) is 0 Å². The summed E-state index contributed by atoms with van der Waals surface area (Å²) in [5.41, 5.74) is 0.248. The number of hydrogen-bond acceptors (Lipinski definition) is 5. The van der Waals surface area contributed by atoms with E-state index in [9.17, 15) is 19.5 Å². The van der Waals surface area contributed by atoms with E-state index in [0.29, 0.717) is 0 Å². The van der Waals surface area contributed by atoms with Crippen molar-refractivity contribution in [3.8, 4) is 0 Å². The first kappa shape index (κ1) is 16.2. The molecule has 2 rings (SSSR count). The van der Waals surface area contributed by atoms with Crippen molar-refractivity contribution >= 4 is 29.1 Å². The number of carbonyl (C=O) groups is 3. The van der Waals surface area contributed by atoms with Gasteiger partial charge in [-0.2, -0.15) is 0 Å². The number of nitrogens with one attached hydrogen (secondary N) is 1. The molecule has 1 N–H and O–H groups in total. The summed E-state index contributed by atoms with van der Waals surface area (Å²) in [6, 6.07) is 5.20. The lowest BCUT2D eigenvalue weighted by Gasteiger charge is -2.26. The Bertz CT molecular complexity index is 678. The van der Waals surface area contributed by atoms with Crippen molar-refractivity contribution in [2.24, 2.45) is 5.92 Å². The van der Waals surface area contributed by atoms with E-state index in [-0.39, 0.29) is 34.2 Å². The third kappa shape index (κ3) is 3.04. The average Bonchev–Trinajstić information content (AvgIpc) is 2.47. The second-order valence-corrected chi connectivity index (χ2v) is 5.92. The first-order chi connectivity index (χ1) is 10.3. The molecule has 0 fully saturated rings. The maximum atomic E-state index is 12.4. The third-order valence-corrected chi connectivity index (χ3v) is 3.73. The van der Waals surface area contributed by atoms with Gasteiger partial charge in [0.1, 0.15) is 10.7 Å². The second kappa shape index (κ2) is 6.32. The van der Waals surface area contributed by atoms with E-state index in [2.05, 4.69) is 5.32 Å². The summed E-state index contributed by atoms with van der Waals surface area (Å²) in [6.45, 7) is 3.69. The summed E-state index contributed by atoms with van der Waals surface area (Å²) in [7, 11) is 0. The Labute approximate surface area is 133 Å². The Kier molecular flexibility index (Phi) is 4.66. The van der Waals surface area contributed by atoms with Crippen LogP contribution in [0, 0.1) is 5.92 Å². The molecule has 116 valence electrons. The summed E-state index contributed by atoms with van der Waals surface area (Å²) >= 11 is 5.97. The van der Waals surface area contributed by atoms with Crippen LogP contribution in [0.3, 0.4) is 0 Å². The second-order valence-electron chi connectivity index (χ2n) is 5.54. The van der Waals surface area contributed by atoms with Crippen LogP contribution in [0.25, 0.3) is 0 Å². The van der Waals surface area contributed by atoms with Gasteiger partial charge < -0.3 is 15.2 Å². The molecule has 0 heterocycles. The molecule has 1 aliphatic rings. The molecule has 0 amide bonds. The molecule has 0 aliphatic heterocycles. The Morgan fingerprint density at radius 1 is 1.18 bits per heavy atom. The first-order valence-electron chi connectivity index (χ1n) is 6.88. The van der Waals surface area contributed by atoms with Gasteiger partial charge in [-0.05, 0) is 12.3 Å². The minimum Gasteiger partial charge on any atom is -0.548 e. The van der Waals surface area contributed by atoms with Crippen LogP contribution in [-0.4, -0.2) is 23.6 Å². The van der Waals surface area contributed by atoms with Gasteiger partial charge in [-0.15, -0.1) is 0 Å². The van der Waals surface area contributed by atoms with E-state index in [4.69, 9.17) is 11.6 Å². The smallest absolute Gasteiger partial charge is 0.211 e. The molecule has 22 heavy (non-hydrogen) atoms. The van der Waals surface area contributed by atoms with E-state index >= 15 is 0 Å². The van der Waals surface area contributed by atoms with Crippen LogP contribution < -0.4 is 10.4 Å². The molecular formula is C16H15ClNO4-. The molecule has 0 bridgehead atoms. The van der Waals surface area contributed by atoms with Crippen molar-refractivity contribution in [3.05, 3.63) is 46.1 Å². The zero-order chi connectivity index (χ0) is 16.4. The quantitative estimate of drug-likeness (QED) is 0.883. The summed E-state index contributed by atoms with van der Waals surface area (Å²) in [5.74, 6) is -2.27. The third-order valence-electron chi connectivity index (χ3n) is 3.37. The summed E-state index contributed by atoms with van der Waals surface area (Å²) < 4.78 is 0. The highest BCUT2D eigenvalue weighted by molar-refractivity contribution is 6.49. The summed E-state index contributed by atoms with van der Waals surface area (Å²) in [4.78, 5) is 35.9. The monoisotopic (exact) mass is 320 g/mol. The number of Topliss-reactive ketones (excluding diaryl/α,β-unsaturated/α-hetero) is 2. The van der Waals surface area contributed by atoms with E-state index in [1.165, 1.54) is 12.1 Å². The standard InChI is InChI=1S/C16H16ClNO4/c1-8(2)7-11(16(21)22)18-13-12(17)14(19)9-5-3-4-6-10(9)15(13)20/h3-6,8,11,18H,7H2,1-2H3,(H,21,22)/p-1. The molecule has 1 aliphatic carbocycles. The molecule has 1 atom stereocenters. The number of carbonyl (C=O) groups excluding carboxylic acids is 3. The Balaban J connectivity index is 2.38. The van der Waals surface area contributed by atoms with Crippen LogP contribution in [-0.2, 0) is 4.79 Å². The fourth-order valence-electron chi connectivity index (χ4n) is 2.33. The van der Waals surface area contributed by atoms with Crippen molar-refractivity contribution < 1.29 is 19.5 Å². The fraction of sp³-hybridized carbons (Fsp3) is 0.312. The van der Waals surface area contributed by atoms with Crippen molar-refractivity contribution in [2.45, 2.75) is 26.3 Å². The van der Waals surface area contributed by atoms with Gasteiger partial charge in [-0.1, -0.05) is 49.7 Å². The SMILES string of the molecule is CC(C)CC(NC1=C(Cl)C(=O)c2ccccc2C1=O)C(=O)[O-]. The largest absolute Gasteiger partial charge is 0.548 e. The number of rotatable bonds is 5. The minimum atomic E-state index is -1.34. The number of halogens is 1. The molecule has 0 aromatic heterocycles. The topological polar surface area (TPSA) is 86.3 Å². The van der Waals surface area contributed by atoms with E-state index in [1.54, 1.807) is 12.1 Å². The molecule has 5 nitrogen and oxygen atoms in total. The molecule has 1 aromatic rings. The number of carboxylic acids is 1. The number of carboxylic acid groups (broad SMARTS) is 1. The maximum Gasteiger partial charge on any atom is 0.211 e. The van der Waals surface area contributed by atoms with Crippen molar-refractivity contribution in [1.29, 1.82) is 0 Å². The highest BCUT2D eigenvalue weighted by Gasteiger charge is 2.32. The highest BCUT2D eigenvalue weighted by Crippen LogP contribution is 2.27.